The van der Waals surface area contributed by atoms with E-state index >= 15 is 0 Å². The summed E-state index contributed by atoms with van der Waals surface area (Å²) in [4.78, 5) is 29.0. The fraction of sp³-hybridized carbons (Fsp3) is 0.355. The van der Waals surface area contributed by atoms with Crippen LogP contribution in [0.15, 0.2) is 71.6 Å². The lowest BCUT2D eigenvalue weighted by Crippen LogP contribution is -2.53. The molecule has 0 spiro atoms. The van der Waals surface area contributed by atoms with Crippen LogP contribution < -0.4 is 9.62 Å². The average molecular weight is 619 g/mol. The molecule has 1 N–H and O–H groups in total. The highest BCUT2D eigenvalue weighted by atomic mass is 35.5. The molecule has 0 saturated heterocycles. The number of carbonyl (C=O) groups is 2. The van der Waals surface area contributed by atoms with Crippen LogP contribution >= 0.6 is 23.2 Å². The van der Waals surface area contributed by atoms with Crippen molar-refractivity contribution in [2.45, 2.75) is 71.0 Å². The van der Waals surface area contributed by atoms with Crippen LogP contribution in [0.2, 0.25) is 10.0 Å². The molecule has 41 heavy (non-hydrogen) atoms. The summed E-state index contributed by atoms with van der Waals surface area (Å²) in [5.74, 6) is -0.856. The molecule has 0 fully saturated rings. The summed E-state index contributed by atoms with van der Waals surface area (Å²) < 4.78 is 29.1. The van der Waals surface area contributed by atoms with E-state index in [9.17, 15) is 18.0 Å². The van der Waals surface area contributed by atoms with E-state index < -0.39 is 28.5 Å². The molecule has 10 heteroatoms. The smallest absolute Gasteiger partial charge is 0.264 e. The number of anilines is 1. The standard InChI is InChI=1S/C31H37Cl2N3O4S/c1-6-23(5)34-31(38)28(7-2)35(19-24-14-15-25(32)18-27(24)33)30(37)20-36(29-11-9-8-10-22(29)4)41(39,40)26-16-12-21(3)13-17-26/h8-18,23,28H,6-7,19-20H2,1-5H3,(H,34,38)/t23-,28+/m0/s1. The Hall–Kier alpha value is -3.07. The summed E-state index contributed by atoms with van der Waals surface area (Å²) in [5, 5.41) is 3.74. The molecule has 0 radical (unpaired) electrons. The van der Waals surface area contributed by atoms with Crippen LogP contribution in [0, 0.1) is 13.8 Å². The normalized spacial score (nSPS) is 12.9. The molecule has 3 aromatic carbocycles. The number of benzene rings is 3. The number of hydrogen-bond acceptors (Lipinski definition) is 4. The minimum atomic E-state index is -4.14. The highest BCUT2D eigenvalue weighted by molar-refractivity contribution is 7.92. The number of para-hydroxylation sites is 1. The van der Waals surface area contributed by atoms with Crippen LogP contribution in [0.3, 0.4) is 0 Å². The van der Waals surface area contributed by atoms with E-state index in [4.69, 9.17) is 23.2 Å². The third kappa shape index (κ3) is 8.03. The number of hydrogen-bond donors (Lipinski definition) is 1. The van der Waals surface area contributed by atoms with Crippen LogP contribution in [0.1, 0.15) is 50.3 Å². The van der Waals surface area contributed by atoms with Crippen molar-refractivity contribution in [3.05, 3.63) is 93.5 Å². The third-order valence-corrected chi connectivity index (χ3v) is 9.38. The van der Waals surface area contributed by atoms with E-state index in [2.05, 4.69) is 5.32 Å². The van der Waals surface area contributed by atoms with Crippen LogP contribution in [0.5, 0.6) is 0 Å². The first-order chi connectivity index (χ1) is 19.4. The van der Waals surface area contributed by atoms with Gasteiger partial charge in [-0.1, -0.05) is 79.0 Å². The minimum absolute atomic E-state index is 0.00649. The van der Waals surface area contributed by atoms with Gasteiger partial charge in [-0.2, -0.15) is 0 Å². The van der Waals surface area contributed by atoms with Gasteiger partial charge in [0.15, 0.2) is 0 Å². The quantitative estimate of drug-likeness (QED) is 0.250. The van der Waals surface area contributed by atoms with Gasteiger partial charge in [0.1, 0.15) is 12.6 Å². The molecule has 0 unspecified atom stereocenters. The summed E-state index contributed by atoms with van der Waals surface area (Å²) in [7, 11) is -4.14. The second-order valence-corrected chi connectivity index (χ2v) is 12.8. The van der Waals surface area contributed by atoms with E-state index in [1.54, 1.807) is 61.5 Å². The van der Waals surface area contributed by atoms with Gasteiger partial charge in [0.2, 0.25) is 11.8 Å². The van der Waals surface area contributed by atoms with Crippen molar-refractivity contribution in [3.8, 4) is 0 Å². The monoisotopic (exact) mass is 617 g/mol. The maximum absolute atomic E-state index is 14.2. The zero-order valence-electron chi connectivity index (χ0n) is 24.0. The summed E-state index contributed by atoms with van der Waals surface area (Å²) in [6.45, 7) is 8.80. The van der Waals surface area contributed by atoms with Crippen molar-refractivity contribution in [3.63, 3.8) is 0 Å². The Kier molecular flexibility index (Phi) is 11.2. The summed E-state index contributed by atoms with van der Waals surface area (Å²) in [6, 6.07) is 17.4. The lowest BCUT2D eigenvalue weighted by Gasteiger charge is -2.34. The molecular weight excluding hydrogens is 581 g/mol. The highest BCUT2D eigenvalue weighted by Crippen LogP contribution is 2.29. The van der Waals surface area contributed by atoms with Crippen molar-refractivity contribution in [1.29, 1.82) is 0 Å². The van der Waals surface area contributed by atoms with Crippen LogP contribution in [-0.2, 0) is 26.2 Å². The van der Waals surface area contributed by atoms with Crippen LogP contribution in [-0.4, -0.2) is 43.8 Å². The Balaban J connectivity index is 2.09. The molecule has 3 rings (SSSR count). The second-order valence-electron chi connectivity index (χ2n) is 10.1. The van der Waals surface area contributed by atoms with E-state index in [1.807, 2.05) is 27.7 Å². The largest absolute Gasteiger partial charge is 0.352 e. The first kappa shape index (κ1) is 32.4. The molecule has 0 saturated carbocycles. The molecule has 0 aromatic heterocycles. The Morgan fingerprint density at radius 2 is 1.59 bits per heavy atom. The molecule has 0 aliphatic heterocycles. The molecule has 7 nitrogen and oxygen atoms in total. The fourth-order valence-electron chi connectivity index (χ4n) is 4.39. The van der Waals surface area contributed by atoms with Crippen molar-refractivity contribution in [1.82, 2.24) is 10.2 Å². The zero-order valence-corrected chi connectivity index (χ0v) is 26.4. The maximum Gasteiger partial charge on any atom is 0.264 e. The van der Waals surface area contributed by atoms with Gasteiger partial charge in [0.05, 0.1) is 10.6 Å². The van der Waals surface area contributed by atoms with Crippen molar-refractivity contribution < 1.29 is 18.0 Å². The number of nitrogens with one attached hydrogen (secondary N) is 1. The SMILES string of the molecule is CC[C@H](C(=O)N[C@@H](C)CC)N(Cc1ccc(Cl)cc1Cl)C(=O)CN(c1ccccc1C)S(=O)(=O)c1ccc(C)cc1. The Labute approximate surface area is 253 Å². The molecular formula is C31H37Cl2N3O4S. The molecule has 0 aliphatic carbocycles. The predicted molar refractivity (Wildman–Crippen MR) is 166 cm³/mol. The molecule has 0 aliphatic rings. The zero-order chi connectivity index (χ0) is 30.3. The summed E-state index contributed by atoms with van der Waals surface area (Å²) >= 11 is 12.6. The van der Waals surface area contributed by atoms with Gasteiger partial charge in [-0.15, -0.1) is 0 Å². The predicted octanol–water partition coefficient (Wildman–Crippen LogP) is 6.53. The van der Waals surface area contributed by atoms with E-state index in [1.165, 1.54) is 17.0 Å². The molecule has 220 valence electrons. The minimum Gasteiger partial charge on any atom is -0.352 e. The number of halogens is 2. The molecule has 0 heterocycles. The molecule has 2 amide bonds. The number of rotatable bonds is 12. The van der Waals surface area contributed by atoms with E-state index in [0.29, 0.717) is 33.3 Å². The number of aryl methyl sites for hydroxylation is 2. The second kappa shape index (κ2) is 14.2. The highest BCUT2D eigenvalue weighted by Gasteiger charge is 2.34. The first-order valence-corrected chi connectivity index (χ1v) is 15.8. The van der Waals surface area contributed by atoms with Gasteiger partial charge in [0, 0.05) is 22.6 Å². The fourth-order valence-corrected chi connectivity index (χ4v) is 6.34. The Morgan fingerprint density at radius 1 is 0.927 bits per heavy atom. The van der Waals surface area contributed by atoms with Crippen molar-refractivity contribution >= 4 is 50.7 Å². The lowest BCUT2D eigenvalue weighted by atomic mass is 10.1. The molecule has 2 atom stereocenters. The van der Waals surface area contributed by atoms with Gasteiger partial charge in [-0.05, 0) is 75.1 Å². The van der Waals surface area contributed by atoms with Gasteiger partial charge in [0.25, 0.3) is 10.0 Å². The molecule has 0 bridgehead atoms. The first-order valence-electron chi connectivity index (χ1n) is 13.6. The van der Waals surface area contributed by atoms with E-state index in [-0.39, 0.29) is 23.4 Å². The van der Waals surface area contributed by atoms with Crippen LogP contribution in [0.25, 0.3) is 0 Å². The van der Waals surface area contributed by atoms with Gasteiger partial charge >= 0.3 is 0 Å². The summed E-state index contributed by atoms with van der Waals surface area (Å²) in [5.41, 5.74) is 2.56. The number of carbonyl (C=O) groups excluding carboxylic acids is 2. The number of sulfonamides is 1. The number of amides is 2. The lowest BCUT2D eigenvalue weighted by molar-refractivity contribution is -0.140. The topological polar surface area (TPSA) is 86.8 Å². The van der Waals surface area contributed by atoms with Crippen LogP contribution in [0.4, 0.5) is 5.69 Å². The van der Waals surface area contributed by atoms with Gasteiger partial charge in [-0.3, -0.25) is 13.9 Å². The van der Waals surface area contributed by atoms with Crippen molar-refractivity contribution in [2.75, 3.05) is 10.8 Å². The Morgan fingerprint density at radius 3 is 2.17 bits per heavy atom. The third-order valence-electron chi connectivity index (χ3n) is 7.01. The average Bonchev–Trinajstić information content (AvgIpc) is 2.93. The Bertz CT molecular complexity index is 1480. The van der Waals surface area contributed by atoms with Gasteiger partial charge < -0.3 is 10.2 Å². The summed E-state index contributed by atoms with van der Waals surface area (Å²) in [6.07, 6.45) is 1.03. The van der Waals surface area contributed by atoms with E-state index in [0.717, 1.165) is 16.3 Å². The van der Waals surface area contributed by atoms with Crippen molar-refractivity contribution in [2.24, 2.45) is 0 Å². The number of nitrogens with zero attached hydrogens (tertiary/aromatic N) is 2. The van der Waals surface area contributed by atoms with Gasteiger partial charge in [-0.25, -0.2) is 8.42 Å². The molecule has 3 aromatic rings. The maximum atomic E-state index is 14.2.